The zero-order chi connectivity index (χ0) is 15.6. The van der Waals surface area contributed by atoms with E-state index in [-0.39, 0.29) is 6.54 Å². The predicted octanol–water partition coefficient (Wildman–Crippen LogP) is 0.235. The van der Waals surface area contributed by atoms with Crippen molar-refractivity contribution in [3.8, 4) is 0 Å². The number of aryl methyl sites for hydroxylation is 1. The van der Waals surface area contributed by atoms with Gasteiger partial charge in [0.25, 0.3) is 0 Å². The molecule has 1 atom stereocenters. The Balaban J connectivity index is 2.14. The fourth-order valence-electron chi connectivity index (χ4n) is 2.44. The van der Waals surface area contributed by atoms with Gasteiger partial charge in [-0.15, -0.1) is 11.3 Å². The van der Waals surface area contributed by atoms with Gasteiger partial charge in [-0.05, 0) is 23.9 Å². The van der Waals surface area contributed by atoms with Crippen molar-refractivity contribution >= 4 is 27.3 Å². The highest BCUT2D eigenvalue weighted by atomic mass is 32.2. The van der Waals surface area contributed by atoms with Crippen LogP contribution in [0.3, 0.4) is 0 Å². The maximum atomic E-state index is 11.7. The summed E-state index contributed by atoms with van der Waals surface area (Å²) < 4.78 is 24.8. The summed E-state index contributed by atoms with van der Waals surface area (Å²) in [6.07, 6.45) is 1.17. The molecule has 2 heterocycles. The van der Waals surface area contributed by atoms with Crippen LogP contribution in [0.1, 0.15) is 10.4 Å². The molecule has 1 amide bonds. The lowest BCUT2D eigenvalue weighted by atomic mass is 10.1. The lowest BCUT2D eigenvalue weighted by Crippen LogP contribution is -2.40. The van der Waals surface area contributed by atoms with E-state index in [2.05, 4.69) is 17.9 Å². The van der Waals surface area contributed by atoms with E-state index >= 15 is 0 Å². The van der Waals surface area contributed by atoms with Gasteiger partial charge in [0.1, 0.15) is 0 Å². The van der Waals surface area contributed by atoms with Crippen LogP contribution in [-0.4, -0.2) is 56.0 Å². The Bertz CT molecular complexity index is 612. The third-order valence-electron chi connectivity index (χ3n) is 3.78. The van der Waals surface area contributed by atoms with Gasteiger partial charge in [-0.2, -0.15) is 0 Å². The van der Waals surface area contributed by atoms with Crippen LogP contribution >= 0.6 is 11.3 Å². The minimum Gasteiger partial charge on any atom is -0.369 e. The zero-order valence-corrected chi connectivity index (χ0v) is 13.9. The number of thiophene rings is 1. The molecule has 0 bridgehead atoms. The van der Waals surface area contributed by atoms with Crippen LogP contribution in [0, 0.1) is 12.8 Å². The molecule has 1 aromatic heterocycles. The Morgan fingerprint density at radius 3 is 2.67 bits per heavy atom. The molecule has 8 heteroatoms. The largest absolute Gasteiger partial charge is 0.369 e. The second-order valence-corrected chi connectivity index (χ2v) is 8.47. The van der Waals surface area contributed by atoms with Gasteiger partial charge in [-0.3, -0.25) is 9.69 Å². The fourth-order valence-corrected chi connectivity index (χ4v) is 4.26. The number of hydrogen-bond donors (Lipinski definition) is 1. The lowest BCUT2D eigenvalue weighted by Gasteiger charge is -2.21. The summed E-state index contributed by atoms with van der Waals surface area (Å²) in [7, 11) is -3.31. The van der Waals surface area contributed by atoms with Crippen LogP contribution < -0.4 is 5.73 Å². The van der Waals surface area contributed by atoms with Crippen molar-refractivity contribution in [3.63, 3.8) is 0 Å². The smallest absolute Gasteiger partial charge is 0.223 e. The summed E-state index contributed by atoms with van der Waals surface area (Å²) >= 11 is 1.68. The predicted molar refractivity (Wildman–Crippen MR) is 83.4 cm³/mol. The molecular formula is C13H21N3O3S2. The molecule has 6 nitrogen and oxygen atoms in total. The minimum atomic E-state index is -3.31. The van der Waals surface area contributed by atoms with Gasteiger partial charge in [0.15, 0.2) is 0 Å². The van der Waals surface area contributed by atoms with E-state index in [1.54, 1.807) is 11.3 Å². The maximum Gasteiger partial charge on any atom is 0.223 e. The van der Waals surface area contributed by atoms with Crippen LogP contribution in [0.25, 0.3) is 0 Å². The zero-order valence-electron chi connectivity index (χ0n) is 12.3. The maximum absolute atomic E-state index is 11.7. The molecule has 1 fully saturated rings. The molecule has 0 radical (unpaired) electrons. The highest BCUT2D eigenvalue weighted by molar-refractivity contribution is 7.88. The first-order valence-electron chi connectivity index (χ1n) is 6.77. The standard InChI is InChI=1S/C13H21N3O3S2/c1-10-3-6-20-12(10)9-15-4-5-16(21(2,18)19)8-11(7-15)13(14)17/h3,6,11H,4-5,7-9H2,1-2H3,(H2,14,17)/t11-/m1/s1. The third kappa shape index (κ3) is 4.26. The van der Waals surface area contributed by atoms with Crippen molar-refractivity contribution < 1.29 is 13.2 Å². The van der Waals surface area contributed by atoms with Crippen LogP contribution in [0.15, 0.2) is 11.4 Å². The van der Waals surface area contributed by atoms with Crippen molar-refractivity contribution in [2.24, 2.45) is 11.7 Å². The van der Waals surface area contributed by atoms with Crippen molar-refractivity contribution in [1.82, 2.24) is 9.21 Å². The first-order chi connectivity index (χ1) is 9.77. The second kappa shape index (κ2) is 6.43. The number of rotatable bonds is 4. The summed E-state index contributed by atoms with van der Waals surface area (Å²) in [4.78, 5) is 14.9. The van der Waals surface area contributed by atoms with Crippen molar-refractivity contribution in [1.29, 1.82) is 0 Å². The Morgan fingerprint density at radius 2 is 2.14 bits per heavy atom. The SMILES string of the molecule is Cc1ccsc1CN1CCN(S(C)(=O)=O)C[C@H](C(N)=O)C1. The van der Waals surface area contributed by atoms with Gasteiger partial charge in [0, 0.05) is 37.6 Å². The number of primary amides is 1. The van der Waals surface area contributed by atoms with Crippen molar-refractivity contribution in [2.75, 3.05) is 32.4 Å². The van der Waals surface area contributed by atoms with E-state index in [1.807, 2.05) is 5.38 Å². The highest BCUT2D eigenvalue weighted by Crippen LogP contribution is 2.20. The minimum absolute atomic E-state index is 0.175. The van der Waals surface area contributed by atoms with E-state index in [0.29, 0.717) is 19.6 Å². The first kappa shape index (κ1) is 16.4. The quantitative estimate of drug-likeness (QED) is 0.856. The summed E-state index contributed by atoms with van der Waals surface area (Å²) in [6, 6.07) is 2.06. The number of nitrogens with zero attached hydrogens (tertiary/aromatic N) is 2. The number of nitrogens with two attached hydrogens (primary N) is 1. The molecule has 1 aliphatic rings. The van der Waals surface area contributed by atoms with E-state index < -0.39 is 21.8 Å². The fraction of sp³-hybridized carbons (Fsp3) is 0.615. The van der Waals surface area contributed by atoms with Gasteiger partial charge in [0.2, 0.25) is 15.9 Å². The molecule has 0 saturated carbocycles. The molecule has 1 aliphatic heterocycles. The summed E-state index contributed by atoms with van der Waals surface area (Å²) in [5.41, 5.74) is 6.65. The van der Waals surface area contributed by atoms with E-state index in [1.165, 1.54) is 21.0 Å². The Morgan fingerprint density at radius 1 is 1.43 bits per heavy atom. The molecular weight excluding hydrogens is 310 g/mol. The normalized spacial score (nSPS) is 22.1. The molecule has 118 valence electrons. The number of hydrogen-bond acceptors (Lipinski definition) is 5. The Hall–Kier alpha value is -0.960. The highest BCUT2D eigenvalue weighted by Gasteiger charge is 2.30. The molecule has 0 spiro atoms. The van der Waals surface area contributed by atoms with E-state index in [4.69, 9.17) is 5.73 Å². The molecule has 2 N–H and O–H groups in total. The molecule has 1 aromatic rings. The molecule has 0 aromatic carbocycles. The van der Waals surface area contributed by atoms with Crippen LogP contribution in [0.4, 0.5) is 0 Å². The number of carbonyl (C=O) groups is 1. The summed E-state index contributed by atoms with van der Waals surface area (Å²) in [5.74, 6) is -0.916. The topological polar surface area (TPSA) is 83.7 Å². The van der Waals surface area contributed by atoms with Gasteiger partial charge in [-0.25, -0.2) is 12.7 Å². The average Bonchev–Trinajstić information content (AvgIpc) is 2.64. The number of sulfonamides is 1. The van der Waals surface area contributed by atoms with Gasteiger partial charge in [0.05, 0.1) is 12.2 Å². The van der Waals surface area contributed by atoms with E-state index in [9.17, 15) is 13.2 Å². The second-order valence-electron chi connectivity index (χ2n) is 5.48. The van der Waals surface area contributed by atoms with Crippen LogP contribution in [-0.2, 0) is 21.4 Å². The van der Waals surface area contributed by atoms with Gasteiger partial charge < -0.3 is 5.73 Å². The van der Waals surface area contributed by atoms with Crippen molar-refractivity contribution in [3.05, 3.63) is 21.9 Å². The van der Waals surface area contributed by atoms with Crippen LogP contribution in [0.5, 0.6) is 0 Å². The molecule has 2 rings (SSSR count). The van der Waals surface area contributed by atoms with Gasteiger partial charge in [-0.1, -0.05) is 0 Å². The number of carbonyl (C=O) groups excluding carboxylic acids is 1. The first-order valence-corrected chi connectivity index (χ1v) is 9.50. The van der Waals surface area contributed by atoms with E-state index in [0.717, 1.165) is 6.54 Å². The Labute approximate surface area is 129 Å². The number of amides is 1. The molecule has 0 unspecified atom stereocenters. The summed E-state index contributed by atoms with van der Waals surface area (Å²) in [5, 5.41) is 2.04. The molecule has 21 heavy (non-hydrogen) atoms. The lowest BCUT2D eigenvalue weighted by molar-refractivity contribution is -0.122. The Kier molecular flexibility index (Phi) is 5.03. The van der Waals surface area contributed by atoms with Crippen molar-refractivity contribution in [2.45, 2.75) is 13.5 Å². The monoisotopic (exact) mass is 331 g/mol. The molecule has 0 aliphatic carbocycles. The summed E-state index contributed by atoms with van der Waals surface area (Å²) in [6.45, 7) is 4.46. The third-order valence-corrected chi connectivity index (χ3v) is 6.05. The van der Waals surface area contributed by atoms with Gasteiger partial charge >= 0.3 is 0 Å². The average molecular weight is 331 g/mol. The molecule has 1 saturated heterocycles. The van der Waals surface area contributed by atoms with Crippen LogP contribution in [0.2, 0.25) is 0 Å².